The Hall–Kier alpha value is -0.610. The molecule has 0 radical (unpaired) electrons. The van der Waals surface area contributed by atoms with Gasteiger partial charge in [0.15, 0.2) is 0 Å². The summed E-state index contributed by atoms with van der Waals surface area (Å²) in [5.41, 5.74) is 2.29. The van der Waals surface area contributed by atoms with Crippen molar-refractivity contribution in [2.24, 2.45) is 0 Å². The van der Waals surface area contributed by atoms with Crippen molar-refractivity contribution in [1.82, 2.24) is 10.3 Å². The maximum atomic E-state index is 11.2. The van der Waals surface area contributed by atoms with Crippen molar-refractivity contribution >= 4 is 15.9 Å². The second-order valence-electron chi connectivity index (χ2n) is 2.86. The number of aromatic nitrogens is 1. The SMILES string of the molecule is O=c1[nH]cc2c(c1Br)CNCC2. The Balaban J connectivity index is 2.61. The molecule has 0 amide bonds. The molecule has 12 heavy (non-hydrogen) atoms. The molecule has 1 aliphatic heterocycles. The summed E-state index contributed by atoms with van der Waals surface area (Å²) in [5, 5.41) is 3.23. The number of halogens is 1. The zero-order chi connectivity index (χ0) is 8.55. The van der Waals surface area contributed by atoms with E-state index in [0.717, 1.165) is 25.1 Å². The van der Waals surface area contributed by atoms with Crippen LogP contribution >= 0.6 is 15.9 Å². The number of fused-ring (bicyclic) bond motifs is 1. The van der Waals surface area contributed by atoms with Crippen LogP contribution in [0.1, 0.15) is 11.1 Å². The average Bonchev–Trinajstić information content (AvgIpc) is 2.12. The van der Waals surface area contributed by atoms with Gasteiger partial charge in [0.2, 0.25) is 0 Å². The van der Waals surface area contributed by atoms with E-state index in [9.17, 15) is 4.79 Å². The van der Waals surface area contributed by atoms with Gasteiger partial charge in [0.1, 0.15) is 0 Å². The third kappa shape index (κ3) is 1.21. The first kappa shape index (κ1) is 8.01. The lowest BCUT2D eigenvalue weighted by Crippen LogP contribution is -2.26. The third-order valence-electron chi connectivity index (χ3n) is 2.10. The second kappa shape index (κ2) is 3.03. The van der Waals surface area contributed by atoms with Crippen LogP contribution in [-0.4, -0.2) is 11.5 Å². The van der Waals surface area contributed by atoms with Crippen molar-refractivity contribution in [3.05, 3.63) is 32.2 Å². The van der Waals surface area contributed by atoms with E-state index in [1.807, 2.05) is 6.20 Å². The molecule has 0 atom stereocenters. The van der Waals surface area contributed by atoms with Gasteiger partial charge < -0.3 is 10.3 Å². The molecule has 0 saturated heterocycles. The fraction of sp³-hybridized carbons (Fsp3) is 0.375. The molecular weight excluding hydrogens is 220 g/mol. The molecule has 64 valence electrons. The van der Waals surface area contributed by atoms with Gasteiger partial charge in [0.25, 0.3) is 5.56 Å². The molecule has 0 aliphatic carbocycles. The molecule has 1 aliphatic rings. The van der Waals surface area contributed by atoms with Gasteiger partial charge in [0.05, 0.1) is 4.47 Å². The molecule has 0 aromatic carbocycles. The Morgan fingerprint density at radius 3 is 3.17 bits per heavy atom. The van der Waals surface area contributed by atoms with Crippen LogP contribution in [0.15, 0.2) is 15.5 Å². The van der Waals surface area contributed by atoms with Crippen LogP contribution in [0.25, 0.3) is 0 Å². The summed E-state index contributed by atoms with van der Waals surface area (Å²) < 4.78 is 0.673. The van der Waals surface area contributed by atoms with Gasteiger partial charge in [-0.1, -0.05) is 0 Å². The number of aromatic amines is 1. The van der Waals surface area contributed by atoms with E-state index in [2.05, 4.69) is 26.2 Å². The number of nitrogens with one attached hydrogen (secondary N) is 2. The second-order valence-corrected chi connectivity index (χ2v) is 3.66. The Labute approximate surface area is 78.3 Å². The smallest absolute Gasteiger partial charge is 0.262 e. The van der Waals surface area contributed by atoms with E-state index in [4.69, 9.17) is 0 Å². The first-order valence-corrected chi connectivity index (χ1v) is 4.68. The monoisotopic (exact) mass is 228 g/mol. The molecule has 0 bridgehead atoms. The number of pyridine rings is 1. The van der Waals surface area contributed by atoms with Gasteiger partial charge in [0, 0.05) is 12.7 Å². The van der Waals surface area contributed by atoms with Crippen molar-refractivity contribution in [1.29, 1.82) is 0 Å². The molecule has 2 rings (SSSR count). The van der Waals surface area contributed by atoms with E-state index in [0.29, 0.717) is 4.47 Å². The molecule has 2 heterocycles. The van der Waals surface area contributed by atoms with Gasteiger partial charge in [-0.05, 0) is 40.0 Å². The van der Waals surface area contributed by atoms with E-state index in [1.54, 1.807) is 0 Å². The fourth-order valence-corrected chi connectivity index (χ4v) is 1.94. The van der Waals surface area contributed by atoms with Crippen LogP contribution in [-0.2, 0) is 13.0 Å². The van der Waals surface area contributed by atoms with Crippen LogP contribution in [0.5, 0.6) is 0 Å². The van der Waals surface area contributed by atoms with Crippen molar-refractivity contribution < 1.29 is 0 Å². The van der Waals surface area contributed by atoms with E-state index in [1.165, 1.54) is 5.56 Å². The van der Waals surface area contributed by atoms with E-state index >= 15 is 0 Å². The van der Waals surface area contributed by atoms with Crippen LogP contribution in [0.3, 0.4) is 0 Å². The molecule has 2 N–H and O–H groups in total. The highest BCUT2D eigenvalue weighted by atomic mass is 79.9. The lowest BCUT2D eigenvalue weighted by atomic mass is 10.0. The largest absolute Gasteiger partial charge is 0.328 e. The fourth-order valence-electron chi connectivity index (χ4n) is 1.43. The molecule has 3 nitrogen and oxygen atoms in total. The van der Waals surface area contributed by atoms with Crippen molar-refractivity contribution in [3.63, 3.8) is 0 Å². The highest BCUT2D eigenvalue weighted by Crippen LogP contribution is 2.18. The summed E-state index contributed by atoms with van der Waals surface area (Å²) in [6, 6.07) is 0. The van der Waals surface area contributed by atoms with Crippen LogP contribution < -0.4 is 10.9 Å². The quantitative estimate of drug-likeness (QED) is 0.690. The van der Waals surface area contributed by atoms with Gasteiger partial charge in [-0.15, -0.1) is 0 Å². The highest BCUT2D eigenvalue weighted by molar-refractivity contribution is 9.10. The van der Waals surface area contributed by atoms with Crippen LogP contribution in [0.4, 0.5) is 0 Å². The van der Waals surface area contributed by atoms with Gasteiger partial charge in [-0.2, -0.15) is 0 Å². The van der Waals surface area contributed by atoms with Crippen LogP contribution in [0, 0.1) is 0 Å². The zero-order valence-corrected chi connectivity index (χ0v) is 8.07. The summed E-state index contributed by atoms with van der Waals surface area (Å²) in [6.07, 6.45) is 2.80. The minimum atomic E-state index is -0.0440. The normalized spacial score (nSPS) is 15.8. The molecule has 0 fully saturated rings. The minimum Gasteiger partial charge on any atom is -0.328 e. The number of hydrogen-bond acceptors (Lipinski definition) is 2. The number of rotatable bonds is 0. The predicted molar refractivity (Wildman–Crippen MR) is 50.2 cm³/mol. The molecular formula is C8H9BrN2O. The Morgan fingerprint density at radius 1 is 1.50 bits per heavy atom. The highest BCUT2D eigenvalue weighted by Gasteiger charge is 2.13. The van der Waals surface area contributed by atoms with Crippen LogP contribution in [0.2, 0.25) is 0 Å². The standard InChI is InChI=1S/C8H9BrN2O/c9-7-6-4-10-2-1-5(6)3-11-8(7)12/h3,10H,1-2,4H2,(H,11,12). The van der Waals surface area contributed by atoms with E-state index in [-0.39, 0.29) is 5.56 Å². The summed E-state index contributed by atoms with van der Waals surface area (Å²) in [4.78, 5) is 13.9. The zero-order valence-electron chi connectivity index (χ0n) is 6.48. The maximum Gasteiger partial charge on any atom is 0.262 e. The Kier molecular flexibility index (Phi) is 2.02. The van der Waals surface area contributed by atoms with Gasteiger partial charge >= 0.3 is 0 Å². The predicted octanol–water partition coefficient (Wildman–Crippen LogP) is 0.783. The lowest BCUT2D eigenvalue weighted by molar-refractivity contribution is 0.637. The molecule has 4 heteroatoms. The van der Waals surface area contributed by atoms with Crippen molar-refractivity contribution in [3.8, 4) is 0 Å². The summed E-state index contributed by atoms with van der Waals surface area (Å²) in [5.74, 6) is 0. The van der Waals surface area contributed by atoms with Crippen molar-refractivity contribution in [2.45, 2.75) is 13.0 Å². The lowest BCUT2D eigenvalue weighted by Gasteiger charge is -2.16. The molecule has 0 spiro atoms. The molecule has 1 aromatic heterocycles. The Morgan fingerprint density at radius 2 is 2.33 bits per heavy atom. The first-order valence-electron chi connectivity index (χ1n) is 3.88. The summed E-state index contributed by atoms with van der Waals surface area (Å²) in [7, 11) is 0. The molecule has 0 saturated carbocycles. The number of hydrogen-bond donors (Lipinski definition) is 2. The Bertz CT molecular complexity index is 359. The van der Waals surface area contributed by atoms with E-state index < -0.39 is 0 Å². The summed E-state index contributed by atoms with van der Waals surface area (Å²) >= 11 is 3.28. The minimum absolute atomic E-state index is 0.0440. The average molecular weight is 229 g/mol. The third-order valence-corrected chi connectivity index (χ3v) is 2.94. The van der Waals surface area contributed by atoms with Gasteiger partial charge in [-0.3, -0.25) is 4.79 Å². The molecule has 0 unspecified atom stereocenters. The maximum absolute atomic E-state index is 11.2. The van der Waals surface area contributed by atoms with Gasteiger partial charge in [-0.25, -0.2) is 0 Å². The first-order chi connectivity index (χ1) is 5.79. The summed E-state index contributed by atoms with van der Waals surface area (Å²) in [6.45, 7) is 1.78. The topological polar surface area (TPSA) is 44.9 Å². The number of H-pyrrole nitrogens is 1. The molecule has 1 aromatic rings. The van der Waals surface area contributed by atoms with Crippen molar-refractivity contribution in [2.75, 3.05) is 6.54 Å².